The van der Waals surface area contributed by atoms with Gasteiger partial charge in [0.2, 0.25) is 5.88 Å². The molecule has 1 aromatic heterocycles. The van der Waals surface area contributed by atoms with Crippen molar-refractivity contribution < 1.29 is 13.5 Å². The smallest absolute Gasteiger partial charge is 0.388 e. The van der Waals surface area contributed by atoms with E-state index in [0.29, 0.717) is 5.69 Å². The van der Waals surface area contributed by atoms with Crippen LogP contribution in [0.15, 0.2) is 18.2 Å². The first-order valence-corrected chi connectivity index (χ1v) is 5.77. The number of hydrogen-bond donors (Lipinski definition) is 1. The number of aryl methyl sites for hydroxylation is 1. The third-order valence-electron chi connectivity index (χ3n) is 2.28. The van der Waals surface area contributed by atoms with Crippen LogP contribution in [0.4, 0.5) is 8.78 Å². The van der Waals surface area contributed by atoms with E-state index in [1.807, 2.05) is 0 Å². The van der Waals surface area contributed by atoms with Gasteiger partial charge in [-0.05, 0) is 38.9 Å². The zero-order valence-electron chi connectivity index (χ0n) is 9.96. The lowest BCUT2D eigenvalue weighted by atomic mass is 10.2. The van der Waals surface area contributed by atoms with Gasteiger partial charge in [0.15, 0.2) is 0 Å². The van der Waals surface area contributed by atoms with Crippen molar-refractivity contribution in [3.8, 4) is 5.88 Å². The standard InChI is InChI=1S/C7H7F2NO.C5H11N/c1-5-3-2-4-6(10-5)11-7(8)9;1-2-4-6-5-3-1/h2-4,7H,1H3;6H,1-5H2. The molecule has 5 heteroatoms. The average Bonchev–Trinajstić information content (AvgIpc) is 2.31. The lowest BCUT2D eigenvalue weighted by molar-refractivity contribution is -0.0529. The molecule has 1 N–H and O–H groups in total. The molecule has 0 radical (unpaired) electrons. The third-order valence-corrected chi connectivity index (χ3v) is 2.28. The van der Waals surface area contributed by atoms with Gasteiger partial charge in [0, 0.05) is 11.8 Å². The van der Waals surface area contributed by atoms with Gasteiger partial charge in [0.05, 0.1) is 0 Å². The average molecular weight is 244 g/mol. The molecule has 3 nitrogen and oxygen atoms in total. The molecule has 1 fully saturated rings. The summed E-state index contributed by atoms with van der Waals surface area (Å²) in [7, 11) is 0. The maximum Gasteiger partial charge on any atom is 0.388 e. The summed E-state index contributed by atoms with van der Waals surface area (Å²) in [6, 6.07) is 4.71. The normalized spacial score (nSPS) is 15.1. The van der Waals surface area contributed by atoms with Gasteiger partial charge in [-0.3, -0.25) is 0 Å². The third kappa shape index (κ3) is 6.84. The molecule has 0 amide bonds. The van der Waals surface area contributed by atoms with Crippen LogP contribution in [0.5, 0.6) is 5.88 Å². The molecule has 0 aromatic carbocycles. The van der Waals surface area contributed by atoms with Crippen molar-refractivity contribution in [1.82, 2.24) is 10.3 Å². The van der Waals surface area contributed by atoms with Crippen molar-refractivity contribution in [1.29, 1.82) is 0 Å². The van der Waals surface area contributed by atoms with Crippen LogP contribution in [0.3, 0.4) is 0 Å². The van der Waals surface area contributed by atoms with E-state index >= 15 is 0 Å². The van der Waals surface area contributed by atoms with E-state index in [0.717, 1.165) is 0 Å². The Morgan fingerprint density at radius 2 is 1.94 bits per heavy atom. The molecule has 2 heterocycles. The fourth-order valence-electron chi connectivity index (χ4n) is 1.48. The number of pyridine rings is 1. The van der Waals surface area contributed by atoms with Crippen LogP contribution in [0.25, 0.3) is 0 Å². The first-order valence-electron chi connectivity index (χ1n) is 5.77. The Morgan fingerprint density at radius 3 is 2.35 bits per heavy atom. The van der Waals surface area contributed by atoms with Crippen LogP contribution in [0.2, 0.25) is 0 Å². The number of piperidine rings is 1. The Bertz CT molecular complexity index is 306. The van der Waals surface area contributed by atoms with Gasteiger partial charge in [-0.1, -0.05) is 12.5 Å². The summed E-state index contributed by atoms with van der Waals surface area (Å²) in [5.74, 6) is -0.0417. The Hall–Kier alpha value is -1.23. The van der Waals surface area contributed by atoms with Gasteiger partial charge < -0.3 is 10.1 Å². The molecule has 1 aliphatic rings. The highest BCUT2D eigenvalue weighted by atomic mass is 19.3. The Balaban J connectivity index is 0.000000202. The molecular formula is C12H18F2N2O. The molecule has 2 rings (SSSR count). The van der Waals surface area contributed by atoms with E-state index in [4.69, 9.17) is 0 Å². The number of halogens is 2. The van der Waals surface area contributed by atoms with Crippen molar-refractivity contribution in [2.75, 3.05) is 13.1 Å². The van der Waals surface area contributed by atoms with Crippen molar-refractivity contribution in [3.63, 3.8) is 0 Å². The maximum absolute atomic E-state index is 11.6. The summed E-state index contributed by atoms with van der Waals surface area (Å²) in [6.07, 6.45) is 4.22. The molecule has 96 valence electrons. The quantitative estimate of drug-likeness (QED) is 0.868. The minimum Gasteiger partial charge on any atom is -0.417 e. The van der Waals surface area contributed by atoms with Crippen LogP contribution >= 0.6 is 0 Å². The van der Waals surface area contributed by atoms with E-state index in [2.05, 4.69) is 15.0 Å². The van der Waals surface area contributed by atoms with Gasteiger partial charge in [0.25, 0.3) is 0 Å². The largest absolute Gasteiger partial charge is 0.417 e. The second-order valence-electron chi connectivity index (χ2n) is 3.81. The van der Waals surface area contributed by atoms with Crippen LogP contribution in [-0.4, -0.2) is 24.7 Å². The number of ether oxygens (including phenoxy) is 1. The zero-order chi connectivity index (χ0) is 12.5. The minimum atomic E-state index is -2.80. The fourth-order valence-corrected chi connectivity index (χ4v) is 1.48. The van der Waals surface area contributed by atoms with Crippen molar-refractivity contribution in [3.05, 3.63) is 23.9 Å². The summed E-state index contributed by atoms with van der Waals surface area (Å²) in [5.41, 5.74) is 0.656. The lowest BCUT2D eigenvalue weighted by Gasteiger charge is -2.08. The van der Waals surface area contributed by atoms with Gasteiger partial charge in [-0.25, -0.2) is 4.98 Å². The number of nitrogens with zero attached hydrogens (tertiary/aromatic N) is 1. The molecule has 1 aliphatic heterocycles. The lowest BCUT2D eigenvalue weighted by Crippen LogP contribution is -2.21. The summed E-state index contributed by atoms with van der Waals surface area (Å²) in [4.78, 5) is 3.71. The van der Waals surface area contributed by atoms with E-state index in [-0.39, 0.29) is 5.88 Å². The molecule has 1 saturated heterocycles. The molecule has 0 atom stereocenters. The zero-order valence-corrected chi connectivity index (χ0v) is 9.96. The van der Waals surface area contributed by atoms with Gasteiger partial charge >= 0.3 is 6.61 Å². The summed E-state index contributed by atoms with van der Waals surface area (Å²) >= 11 is 0. The maximum atomic E-state index is 11.6. The molecule has 0 saturated carbocycles. The number of aromatic nitrogens is 1. The van der Waals surface area contributed by atoms with Gasteiger partial charge in [-0.15, -0.1) is 0 Å². The van der Waals surface area contributed by atoms with Crippen LogP contribution in [0.1, 0.15) is 25.0 Å². The number of nitrogens with one attached hydrogen (secondary N) is 1. The number of alkyl halides is 2. The first kappa shape index (κ1) is 13.8. The molecule has 17 heavy (non-hydrogen) atoms. The van der Waals surface area contributed by atoms with Gasteiger partial charge in [-0.2, -0.15) is 8.78 Å². The highest BCUT2D eigenvalue weighted by Crippen LogP contribution is 2.09. The van der Waals surface area contributed by atoms with E-state index in [1.54, 1.807) is 19.1 Å². The fraction of sp³-hybridized carbons (Fsp3) is 0.583. The summed E-state index contributed by atoms with van der Waals surface area (Å²) in [6.45, 7) is 1.41. The highest BCUT2D eigenvalue weighted by Gasteiger charge is 2.03. The summed E-state index contributed by atoms with van der Waals surface area (Å²) in [5, 5.41) is 3.28. The van der Waals surface area contributed by atoms with Crippen molar-refractivity contribution in [2.24, 2.45) is 0 Å². The van der Waals surface area contributed by atoms with Gasteiger partial charge in [0.1, 0.15) is 0 Å². The predicted octanol–water partition coefficient (Wildman–Crippen LogP) is 2.75. The molecule has 0 aliphatic carbocycles. The summed E-state index contributed by atoms with van der Waals surface area (Å²) < 4.78 is 27.2. The molecule has 0 unspecified atom stereocenters. The highest BCUT2D eigenvalue weighted by molar-refractivity contribution is 5.14. The van der Waals surface area contributed by atoms with E-state index in [9.17, 15) is 8.78 Å². The number of hydrogen-bond acceptors (Lipinski definition) is 3. The number of rotatable bonds is 2. The van der Waals surface area contributed by atoms with Crippen LogP contribution < -0.4 is 10.1 Å². The SMILES string of the molecule is C1CCNCC1.Cc1cccc(OC(F)F)n1. The topological polar surface area (TPSA) is 34.1 Å². The van der Waals surface area contributed by atoms with Crippen LogP contribution in [-0.2, 0) is 0 Å². The molecule has 1 aromatic rings. The molecular weight excluding hydrogens is 226 g/mol. The second kappa shape index (κ2) is 7.95. The molecule has 0 bridgehead atoms. The van der Waals surface area contributed by atoms with E-state index in [1.165, 1.54) is 38.4 Å². The van der Waals surface area contributed by atoms with Crippen molar-refractivity contribution >= 4 is 0 Å². The predicted molar refractivity (Wildman–Crippen MR) is 62.3 cm³/mol. The second-order valence-corrected chi connectivity index (χ2v) is 3.81. The van der Waals surface area contributed by atoms with Crippen molar-refractivity contribution in [2.45, 2.75) is 32.8 Å². The molecule has 0 spiro atoms. The Morgan fingerprint density at radius 1 is 1.24 bits per heavy atom. The Kier molecular flexibility index (Phi) is 6.47. The monoisotopic (exact) mass is 244 g/mol. The Labute approximate surface area is 100 Å². The first-order chi connectivity index (χ1) is 8.18. The minimum absolute atomic E-state index is 0.0417. The van der Waals surface area contributed by atoms with E-state index < -0.39 is 6.61 Å². The van der Waals surface area contributed by atoms with Crippen LogP contribution in [0, 0.1) is 6.92 Å².